The second kappa shape index (κ2) is 4.72. The number of pyridine rings is 1. The second-order valence-electron chi connectivity index (χ2n) is 4.57. The highest BCUT2D eigenvalue weighted by Crippen LogP contribution is 2.25. The summed E-state index contributed by atoms with van der Waals surface area (Å²) in [6, 6.07) is 2.06. The fourth-order valence-corrected chi connectivity index (χ4v) is 2.55. The smallest absolute Gasteiger partial charge is 0.131 e. The van der Waals surface area contributed by atoms with E-state index in [0.717, 1.165) is 28.8 Å². The molecule has 4 heteroatoms. The molecule has 2 unspecified atom stereocenters. The number of hydrogen-bond acceptors (Lipinski definition) is 3. The lowest BCUT2D eigenvalue weighted by Gasteiger charge is -2.35. The van der Waals surface area contributed by atoms with Gasteiger partial charge in [-0.25, -0.2) is 4.98 Å². The van der Waals surface area contributed by atoms with Crippen LogP contribution in [-0.4, -0.2) is 29.3 Å². The van der Waals surface area contributed by atoms with E-state index in [-0.39, 0.29) is 6.10 Å². The third-order valence-electron chi connectivity index (χ3n) is 3.24. The Morgan fingerprint density at radius 3 is 2.94 bits per heavy atom. The fourth-order valence-electron chi connectivity index (χ4n) is 2.11. The van der Waals surface area contributed by atoms with Crippen LogP contribution in [0.1, 0.15) is 18.9 Å². The van der Waals surface area contributed by atoms with E-state index in [9.17, 15) is 5.11 Å². The summed E-state index contributed by atoms with van der Waals surface area (Å²) in [5.74, 6) is 1.39. The lowest BCUT2D eigenvalue weighted by atomic mass is 9.96. The van der Waals surface area contributed by atoms with Crippen molar-refractivity contribution in [2.24, 2.45) is 5.92 Å². The first-order chi connectivity index (χ1) is 7.58. The quantitative estimate of drug-likeness (QED) is 0.860. The Balaban J connectivity index is 2.18. The molecule has 0 spiro atoms. The highest BCUT2D eigenvalue weighted by Gasteiger charge is 2.25. The van der Waals surface area contributed by atoms with E-state index < -0.39 is 0 Å². The molecule has 0 aromatic carbocycles. The van der Waals surface area contributed by atoms with Crippen molar-refractivity contribution in [3.63, 3.8) is 0 Å². The van der Waals surface area contributed by atoms with Crippen molar-refractivity contribution in [2.45, 2.75) is 26.4 Å². The SMILES string of the molecule is Cc1cc(Br)cnc1N1CCC(C)C(O)C1. The van der Waals surface area contributed by atoms with Gasteiger partial charge in [-0.3, -0.25) is 0 Å². The molecule has 2 rings (SSSR count). The maximum Gasteiger partial charge on any atom is 0.131 e. The average Bonchev–Trinajstić information content (AvgIpc) is 2.22. The molecule has 1 aliphatic rings. The highest BCUT2D eigenvalue weighted by atomic mass is 79.9. The minimum absolute atomic E-state index is 0.237. The average molecular weight is 285 g/mol. The number of hydrogen-bond donors (Lipinski definition) is 1. The third kappa shape index (κ3) is 2.38. The first-order valence-electron chi connectivity index (χ1n) is 5.63. The summed E-state index contributed by atoms with van der Waals surface area (Å²) in [6.07, 6.45) is 2.60. The van der Waals surface area contributed by atoms with Gasteiger partial charge in [-0.05, 0) is 46.8 Å². The molecule has 0 aliphatic carbocycles. The number of aryl methyl sites for hydroxylation is 1. The molecule has 2 atom stereocenters. The largest absolute Gasteiger partial charge is 0.391 e. The predicted octanol–water partition coefficient (Wildman–Crippen LogP) is 2.36. The van der Waals surface area contributed by atoms with Crippen LogP contribution in [0, 0.1) is 12.8 Å². The molecule has 1 N–H and O–H groups in total. The summed E-state index contributed by atoms with van der Waals surface area (Å²) in [7, 11) is 0. The highest BCUT2D eigenvalue weighted by molar-refractivity contribution is 9.10. The molecule has 1 fully saturated rings. The van der Waals surface area contributed by atoms with Gasteiger partial charge in [-0.1, -0.05) is 6.92 Å². The standard InChI is InChI=1S/C12H17BrN2O/c1-8-3-4-15(7-11(8)16)12-9(2)5-10(13)6-14-12/h5-6,8,11,16H,3-4,7H2,1-2H3. The number of piperidine rings is 1. The van der Waals surface area contributed by atoms with Crippen LogP contribution >= 0.6 is 15.9 Å². The van der Waals surface area contributed by atoms with Crippen molar-refractivity contribution >= 4 is 21.7 Å². The summed E-state index contributed by atoms with van der Waals surface area (Å²) in [5.41, 5.74) is 1.15. The molecule has 2 heterocycles. The van der Waals surface area contributed by atoms with Gasteiger partial charge in [0.2, 0.25) is 0 Å². The lowest BCUT2D eigenvalue weighted by Crippen LogP contribution is -2.43. The molecule has 0 radical (unpaired) electrons. The molecule has 0 bridgehead atoms. The van der Waals surface area contributed by atoms with Crippen LogP contribution in [0.25, 0.3) is 0 Å². The minimum atomic E-state index is -0.237. The van der Waals surface area contributed by atoms with Crippen molar-refractivity contribution in [3.05, 3.63) is 22.3 Å². The Morgan fingerprint density at radius 2 is 2.31 bits per heavy atom. The first kappa shape index (κ1) is 11.9. The maximum atomic E-state index is 9.88. The molecular formula is C12H17BrN2O. The summed E-state index contributed by atoms with van der Waals surface area (Å²) < 4.78 is 1.000. The number of nitrogens with zero attached hydrogens (tertiary/aromatic N) is 2. The summed E-state index contributed by atoms with van der Waals surface area (Å²) >= 11 is 3.41. The first-order valence-corrected chi connectivity index (χ1v) is 6.42. The van der Waals surface area contributed by atoms with Gasteiger partial charge in [0, 0.05) is 23.8 Å². The van der Waals surface area contributed by atoms with Gasteiger partial charge in [0.05, 0.1) is 6.10 Å². The van der Waals surface area contributed by atoms with Gasteiger partial charge < -0.3 is 10.0 Å². The van der Waals surface area contributed by atoms with Crippen molar-refractivity contribution in [3.8, 4) is 0 Å². The van der Waals surface area contributed by atoms with E-state index in [0.29, 0.717) is 12.5 Å². The summed E-state index contributed by atoms with van der Waals surface area (Å²) in [4.78, 5) is 6.60. The summed E-state index contributed by atoms with van der Waals surface area (Å²) in [5, 5.41) is 9.88. The molecule has 0 amide bonds. The van der Waals surface area contributed by atoms with E-state index in [1.165, 1.54) is 0 Å². The predicted molar refractivity (Wildman–Crippen MR) is 68.7 cm³/mol. The van der Waals surface area contributed by atoms with Gasteiger partial charge in [-0.2, -0.15) is 0 Å². The van der Waals surface area contributed by atoms with Crippen molar-refractivity contribution in [1.29, 1.82) is 0 Å². The molecular weight excluding hydrogens is 268 g/mol. The van der Waals surface area contributed by atoms with Crippen LogP contribution in [-0.2, 0) is 0 Å². The third-order valence-corrected chi connectivity index (χ3v) is 3.67. The van der Waals surface area contributed by atoms with Crippen LogP contribution in [0.15, 0.2) is 16.7 Å². The van der Waals surface area contributed by atoms with Gasteiger partial charge >= 0.3 is 0 Å². The number of rotatable bonds is 1. The molecule has 0 saturated carbocycles. The van der Waals surface area contributed by atoms with E-state index >= 15 is 0 Å². The number of aliphatic hydroxyl groups excluding tert-OH is 1. The Hall–Kier alpha value is -0.610. The number of anilines is 1. The number of aliphatic hydroxyl groups is 1. The maximum absolute atomic E-state index is 9.88. The van der Waals surface area contributed by atoms with Crippen LogP contribution in [0.2, 0.25) is 0 Å². The topological polar surface area (TPSA) is 36.4 Å². The van der Waals surface area contributed by atoms with Crippen LogP contribution in [0.4, 0.5) is 5.82 Å². The van der Waals surface area contributed by atoms with Crippen molar-refractivity contribution in [1.82, 2.24) is 4.98 Å². The molecule has 3 nitrogen and oxygen atoms in total. The molecule has 1 saturated heterocycles. The molecule has 88 valence electrons. The number of β-amino-alcohol motifs (C(OH)–C–C–N with tert-alkyl or cyclic N) is 1. The molecule has 1 aromatic rings. The van der Waals surface area contributed by atoms with Gasteiger partial charge in [0.15, 0.2) is 0 Å². The van der Waals surface area contributed by atoms with Gasteiger partial charge in [-0.15, -0.1) is 0 Å². The van der Waals surface area contributed by atoms with E-state index in [1.807, 2.05) is 6.20 Å². The Labute approximate surface area is 105 Å². The normalized spacial score (nSPS) is 25.9. The van der Waals surface area contributed by atoms with Crippen LogP contribution in [0.5, 0.6) is 0 Å². The monoisotopic (exact) mass is 284 g/mol. The van der Waals surface area contributed by atoms with Crippen molar-refractivity contribution in [2.75, 3.05) is 18.0 Å². The number of halogens is 1. The second-order valence-corrected chi connectivity index (χ2v) is 5.49. The molecule has 16 heavy (non-hydrogen) atoms. The van der Waals surface area contributed by atoms with Crippen LogP contribution < -0.4 is 4.90 Å². The minimum Gasteiger partial charge on any atom is -0.391 e. The molecule has 1 aliphatic heterocycles. The lowest BCUT2D eigenvalue weighted by molar-refractivity contribution is 0.102. The van der Waals surface area contributed by atoms with Crippen LogP contribution in [0.3, 0.4) is 0 Å². The van der Waals surface area contributed by atoms with E-state index in [4.69, 9.17) is 0 Å². The van der Waals surface area contributed by atoms with Gasteiger partial charge in [0.1, 0.15) is 5.82 Å². The van der Waals surface area contributed by atoms with Gasteiger partial charge in [0.25, 0.3) is 0 Å². The Bertz CT molecular complexity index is 383. The summed E-state index contributed by atoms with van der Waals surface area (Å²) in [6.45, 7) is 5.83. The van der Waals surface area contributed by atoms with Crippen molar-refractivity contribution < 1.29 is 5.11 Å². The molecule has 1 aromatic heterocycles. The number of aromatic nitrogens is 1. The zero-order valence-electron chi connectivity index (χ0n) is 9.65. The zero-order chi connectivity index (χ0) is 11.7. The fraction of sp³-hybridized carbons (Fsp3) is 0.583. The Morgan fingerprint density at radius 1 is 1.56 bits per heavy atom. The Kier molecular flexibility index (Phi) is 3.50. The van der Waals surface area contributed by atoms with E-state index in [2.05, 4.69) is 45.7 Å². The zero-order valence-corrected chi connectivity index (χ0v) is 11.2. The van der Waals surface area contributed by atoms with E-state index in [1.54, 1.807) is 0 Å².